The van der Waals surface area contributed by atoms with Gasteiger partial charge in [0.2, 0.25) is 5.76 Å². The predicted octanol–water partition coefficient (Wildman–Crippen LogP) is 1.59. The van der Waals surface area contributed by atoms with E-state index in [0.29, 0.717) is 5.76 Å². The van der Waals surface area contributed by atoms with Crippen LogP contribution in [-0.4, -0.2) is 0 Å². The largest absolute Gasteiger partial charge is 0.410 e. The third kappa shape index (κ3) is 1.04. The Morgan fingerprint density at radius 1 is 1.75 bits per heavy atom. The molecule has 0 atom stereocenters. The molecule has 1 aliphatic heterocycles. The minimum Gasteiger partial charge on any atom is -0.410 e. The molecule has 0 aliphatic carbocycles. The first-order valence-electron chi connectivity index (χ1n) is 2.04. The number of hydrogen-bond acceptors (Lipinski definition) is 3. The van der Waals surface area contributed by atoms with Crippen molar-refractivity contribution in [2.45, 2.75) is 0 Å². The summed E-state index contributed by atoms with van der Waals surface area (Å²) in [4.78, 5) is 0. The fourth-order valence-corrected chi connectivity index (χ4v) is 0.717. The van der Waals surface area contributed by atoms with E-state index in [1.165, 1.54) is 0 Å². The predicted molar refractivity (Wildman–Crippen MR) is 31.5 cm³/mol. The van der Waals surface area contributed by atoms with Crippen LogP contribution in [0.15, 0.2) is 23.3 Å². The fraction of sp³-hybridized carbons (Fsp3) is 0. The van der Waals surface area contributed by atoms with Crippen molar-refractivity contribution < 1.29 is 4.18 Å². The van der Waals surface area contributed by atoms with E-state index in [4.69, 9.17) is 9.44 Å². The van der Waals surface area contributed by atoms with Gasteiger partial charge in [0, 0.05) is 5.41 Å². The van der Waals surface area contributed by atoms with Gasteiger partial charge in [0.05, 0.1) is 12.0 Å². The van der Waals surface area contributed by atoms with Crippen LogP contribution in [0.5, 0.6) is 0 Å². The van der Waals surface area contributed by atoms with E-state index in [1.807, 2.05) is 6.07 Å². The molecule has 40 valence electrons. The zero-order chi connectivity index (χ0) is 5.82. The van der Waals surface area contributed by atoms with E-state index in [2.05, 4.69) is 0 Å². The highest BCUT2D eigenvalue weighted by Gasteiger charge is 1.95. The lowest BCUT2D eigenvalue weighted by atomic mass is 10.5. The quantitative estimate of drug-likeness (QED) is 0.461. The van der Waals surface area contributed by atoms with Crippen LogP contribution in [0.1, 0.15) is 0 Å². The van der Waals surface area contributed by atoms with Gasteiger partial charge in [-0.1, -0.05) is 0 Å². The van der Waals surface area contributed by atoms with E-state index in [9.17, 15) is 0 Å². The molecule has 0 spiro atoms. The maximum Gasteiger partial charge on any atom is 0.214 e. The van der Waals surface area contributed by atoms with Crippen molar-refractivity contribution in [1.82, 2.24) is 0 Å². The standard InChI is InChI=1S/C5H3NOS/c6-4-5-2-1-3-8-7-5/h1-3H. The molecule has 0 amide bonds. The summed E-state index contributed by atoms with van der Waals surface area (Å²) in [5, 5.41) is 9.97. The van der Waals surface area contributed by atoms with Gasteiger partial charge in [-0.15, -0.1) is 0 Å². The van der Waals surface area contributed by atoms with Gasteiger partial charge >= 0.3 is 0 Å². The maximum absolute atomic E-state index is 8.20. The molecule has 0 aromatic carbocycles. The second-order valence-corrected chi connectivity index (χ2v) is 1.78. The number of allylic oxidation sites excluding steroid dienone is 3. The molecule has 8 heavy (non-hydrogen) atoms. The Kier molecular flexibility index (Phi) is 1.60. The molecule has 0 unspecified atom stereocenters. The molecule has 0 saturated carbocycles. The summed E-state index contributed by atoms with van der Waals surface area (Å²) in [5.74, 6) is 0.359. The maximum atomic E-state index is 8.20. The summed E-state index contributed by atoms with van der Waals surface area (Å²) in [6, 6.07) is 1.87. The summed E-state index contributed by atoms with van der Waals surface area (Å²) in [5.41, 5.74) is 0. The van der Waals surface area contributed by atoms with Crippen LogP contribution in [0, 0.1) is 11.3 Å². The minimum atomic E-state index is 0.359. The molecule has 1 heterocycles. The minimum absolute atomic E-state index is 0.359. The third-order valence-corrected chi connectivity index (χ3v) is 1.17. The summed E-state index contributed by atoms with van der Waals surface area (Å²) < 4.78 is 4.76. The van der Waals surface area contributed by atoms with E-state index in [0.717, 1.165) is 12.0 Å². The van der Waals surface area contributed by atoms with Gasteiger partial charge in [-0.3, -0.25) is 0 Å². The first kappa shape index (κ1) is 5.26. The zero-order valence-electron chi connectivity index (χ0n) is 4.00. The van der Waals surface area contributed by atoms with Crippen molar-refractivity contribution in [2.75, 3.05) is 0 Å². The van der Waals surface area contributed by atoms with Gasteiger partial charge in [0.1, 0.15) is 6.07 Å². The number of rotatable bonds is 0. The summed E-state index contributed by atoms with van der Waals surface area (Å²) in [6.07, 6.45) is 3.39. The smallest absolute Gasteiger partial charge is 0.214 e. The SMILES string of the molecule is N#CC1=CC=CSO1. The van der Waals surface area contributed by atoms with Crippen LogP contribution in [0.3, 0.4) is 0 Å². The Balaban J connectivity index is 2.67. The fourth-order valence-electron chi connectivity index (χ4n) is 0.322. The Morgan fingerprint density at radius 3 is 3.00 bits per heavy atom. The molecular formula is C5H3NOS. The van der Waals surface area contributed by atoms with Crippen LogP contribution >= 0.6 is 12.0 Å². The lowest BCUT2D eigenvalue weighted by molar-refractivity contribution is 0.529. The molecule has 0 aromatic heterocycles. The summed E-state index contributed by atoms with van der Waals surface area (Å²) >= 11 is 1.16. The van der Waals surface area contributed by atoms with Crippen molar-refractivity contribution in [2.24, 2.45) is 0 Å². The van der Waals surface area contributed by atoms with Crippen molar-refractivity contribution in [3.05, 3.63) is 23.3 Å². The number of nitrogens with zero attached hydrogens (tertiary/aromatic N) is 1. The number of hydrogen-bond donors (Lipinski definition) is 0. The first-order chi connectivity index (χ1) is 3.93. The highest BCUT2D eigenvalue weighted by atomic mass is 32.2. The average molecular weight is 125 g/mol. The molecular weight excluding hydrogens is 122 g/mol. The Labute approximate surface area is 51.7 Å². The molecule has 1 rings (SSSR count). The first-order valence-corrected chi connectivity index (χ1v) is 2.84. The van der Waals surface area contributed by atoms with E-state index in [-0.39, 0.29) is 0 Å². The summed E-state index contributed by atoms with van der Waals surface area (Å²) in [7, 11) is 0. The lowest BCUT2D eigenvalue weighted by Gasteiger charge is -1.98. The van der Waals surface area contributed by atoms with Crippen molar-refractivity contribution in [1.29, 1.82) is 5.26 Å². The van der Waals surface area contributed by atoms with E-state index >= 15 is 0 Å². The second kappa shape index (κ2) is 2.43. The summed E-state index contributed by atoms with van der Waals surface area (Å²) in [6.45, 7) is 0. The third-order valence-electron chi connectivity index (χ3n) is 0.630. The van der Waals surface area contributed by atoms with Gasteiger partial charge in [0.25, 0.3) is 0 Å². The van der Waals surface area contributed by atoms with Crippen molar-refractivity contribution >= 4 is 12.0 Å². The molecule has 0 saturated heterocycles. The Hall–Kier alpha value is -0.880. The van der Waals surface area contributed by atoms with Crippen LogP contribution in [0.2, 0.25) is 0 Å². The Morgan fingerprint density at radius 2 is 2.62 bits per heavy atom. The molecule has 0 fully saturated rings. The van der Waals surface area contributed by atoms with Crippen LogP contribution in [0.4, 0.5) is 0 Å². The highest BCUT2D eigenvalue weighted by Crippen LogP contribution is 2.15. The van der Waals surface area contributed by atoms with Gasteiger partial charge in [-0.2, -0.15) is 5.26 Å². The molecule has 0 bridgehead atoms. The number of nitriles is 1. The molecule has 2 nitrogen and oxygen atoms in total. The molecule has 0 N–H and O–H groups in total. The van der Waals surface area contributed by atoms with Crippen LogP contribution < -0.4 is 0 Å². The van der Waals surface area contributed by atoms with Crippen LogP contribution in [-0.2, 0) is 4.18 Å². The van der Waals surface area contributed by atoms with Crippen molar-refractivity contribution in [3.8, 4) is 6.07 Å². The van der Waals surface area contributed by atoms with E-state index in [1.54, 1.807) is 17.6 Å². The van der Waals surface area contributed by atoms with Gasteiger partial charge < -0.3 is 4.18 Å². The molecule has 1 aliphatic rings. The topological polar surface area (TPSA) is 33.0 Å². The van der Waals surface area contributed by atoms with Crippen molar-refractivity contribution in [3.63, 3.8) is 0 Å². The van der Waals surface area contributed by atoms with Gasteiger partial charge in [-0.25, -0.2) is 0 Å². The van der Waals surface area contributed by atoms with Gasteiger partial charge in [-0.05, 0) is 12.2 Å². The normalized spacial score (nSPS) is 16.1. The van der Waals surface area contributed by atoms with E-state index < -0.39 is 0 Å². The van der Waals surface area contributed by atoms with Gasteiger partial charge in [0.15, 0.2) is 0 Å². The Bertz CT molecular complexity index is 177. The average Bonchev–Trinajstić information content (AvgIpc) is 1.90. The monoisotopic (exact) mass is 125 g/mol. The highest BCUT2D eigenvalue weighted by molar-refractivity contribution is 7.97. The molecule has 0 aromatic rings. The van der Waals surface area contributed by atoms with Crippen LogP contribution in [0.25, 0.3) is 0 Å². The molecule has 0 radical (unpaired) electrons. The lowest BCUT2D eigenvalue weighted by Crippen LogP contribution is -1.79. The molecule has 3 heteroatoms. The zero-order valence-corrected chi connectivity index (χ0v) is 4.81. The second-order valence-electron chi connectivity index (χ2n) is 1.15.